The third-order valence-corrected chi connectivity index (χ3v) is 6.19. The van der Waals surface area contributed by atoms with E-state index in [1.165, 1.54) is 11.1 Å². The Balaban J connectivity index is 3.30. The van der Waals surface area contributed by atoms with Crippen molar-refractivity contribution in [3.63, 3.8) is 0 Å². The highest BCUT2D eigenvalue weighted by molar-refractivity contribution is 6.65. The summed E-state index contributed by atoms with van der Waals surface area (Å²) >= 11 is 0. The van der Waals surface area contributed by atoms with Crippen molar-refractivity contribution in [2.75, 3.05) is 0 Å². The van der Waals surface area contributed by atoms with Gasteiger partial charge in [0, 0.05) is 5.54 Å². The molecule has 0 aromatic heterocycles. The molecule has 17 heavy (non-hydrogen) atoms. The summed E-state index contributed by atoms with van der Waals surface area (Å²) in [5.41, 5.74) is 4.80. The quantitative estimate of drug-likeness (QED) is 0.736. The highest BCUT2D eigenvalue weighted by Crippen LogP contribution is 2.42. The molecule has 0 saturated heterocycles. The predicted molar refractivity (Wildman–Crippen MR) is 81.2 cm³/mol. The molecular weight excluding hydrogens is 222 g/mol. The fourth-order valence-corrected chi connectivity index (χ4v) is 5.88. The van der Waals surface area contributed by atoms with Gasteiger partial charge in [0.2, 0.25) is 0 Å². The van der Waals surface area contributed by atoms with Crippen LogP contribution in [0.3, 0.4) is 0 Å². The molecule has 1 unspecified atom stereocenters. The van der Waals surface area contributed by atoms with Gasteiger partial charge >= 0.3 is 0 Å². The monoisotopic (exact) mass is 251 g/mol. The van der Waals surface area contributed by atoms with E-state index in [0.717, 1.165) is 0 Å². The molecule has 1 aliphatic carbocycles. The third kappa shape index (κ3) is 2.58. The van der Waals surface area contributed by atoms with E-state index in [1.54, 1.807) is 10.8 Å². The van der Waals surface area contributed by atoms with Crippen LogP contribution in [0.1, 0.15) is 48.5 Å². The Bertz CT molecular complexity index is 382. The molecule has 0 bridgehead atoms. The summed E-state index contributed by atoms with van der Waals surface area (Å²) in [7, 11) is -0.797. The fourth-order valence-electron chi connectivity index (χ4n) is 3.36. The Hall–Kier alpha value is -0.343. The minimum Gasteiger partial charge on any atom is -0.300 e. The van der Waals surface area contributed by atoms with E-state index in [2.05, 4.69) is 66.9 Å². The summed E-state index contributed by atoms with van der Waals surface area (Å²) in [6.45, 7) is 20.9. The second kappa shape index (κ2) is 4.40. The second-order valence-electron chi connectivity index (χ2n) is 6.94. The van der Waals surface area contributed by atoms with Gasteiger partial charge < -0.3 is 5.32 Å². The van der Waals surface area contributed by atoms with E-state index in [1.807, 2.05) is 0 Å². The Kier molecular flexibility index (Phi) is 3.81. The van der Waals surface area contributed by atoms with Gasteiger partial charge in [0.15, 0.2) is 0 Å². The van der Waals surface area contributed by atoms with Crippen molar-refractivity contribution >= 4 is 8.80 Å². The first kappa shape index (κ1) is 14.7. The van der Waals surface area contributed by atoms with Crippen LogP contribution < -0.4 is 5.32 Å². The van der Waals surface area contributed by atoms with Crippen LogP contribution in [0.15, 0.2) is 21.9 Å². The Morgan fingerprint density at radius 1 is 1.00 bits per heavy atom. The van der Waals surface area contributed by atoms with Gasteiger partial charge in [-0.3, -0.25) is 0 Å². The van der Waals surface area contributed by atoms with Gasteiger partial charge in [-0.2, -0.15) is 0 Å². The smallest absolute Gasteiger partial charge is 0.0627 e. The Labute approximate surface area is 109 Å². The van der Waals surface area contributed by atoms with E-state index in [-0.39, 0.29) is 11.1 Å². The maximum absolute atomic E-state index is 3.86. The van der Waals surface area contributed by atoms with Crippen LogP contribution in [0.25, 0.3) is 0 Å². The molecule has 0 radical (unpaired) electrons. The summed E-state index contributed by atoms with van der Waals surface area (Å²) in [4.78, 5) is 0. The summed E-state index contributed by atoms with van der Waals surface area (Å²) in [6.07, 6.45) is 0. The van der Waals surface area contributed by atoms with Gasteiger partial charge in [-0.05, 0) is 59.6 Å². The molecule has 2 heteroatoms. The SMILES string of the molecule is CC1=C(C)C(C)(NC(C)(C)C)C([SiH](C)C)=C1C. The van der Waals surface area contributed by atoms with E-state index in [0.29, 0.717) is 0 Å². The molecule has 1 atom stereocenters. The van der Waals surface area contributed by atoms with Gasteiger partial charge in [-0.15, -0.1) is 0 Å². The summed E-state index contributed by atoms with van der Waals surface area (Å²) < 4.78 is 0. The normalized spacial score (nSPS) is 26.5. The molecule has 1 aliphatic rings. The molecule has 1 nitrogen and oxygen atoms in total. The first-order valence-corrected chi connectivity index (χ1v) is 9.58. The van der Waals surface area contributed by atoms with Gasteiger partial charge in [-0.25, -0.2) is 0 Å². The number of hydrogen-bond donors (Lipinski definition) is 1. The van der Waals surface area contributed by atoms with Crippen LogP contribution in [0.5, 0.6) is 0 Å². The molecule has 0 saturated carbocycles. The largest absolute Gasteiger partial charge is 0.300 e. The van der Waals surface area contributed by atoms with Gasteiger partial charge in [-0.1, -0.05) is 23.9 Å². The van der Waals surface area contributed by atoms with Crippen molar-refractivity contribution in [2.45, 2.75) is 72.6 Å². The lowest BCUT2D eigenvalue weighted by Gasteiger charge is -2.40. The molecule has 1 rings (SSSR count). The highest BCUT2D eigenvalue weighted by atomic mass is 28.3. The van der Waals surface area contributed by atoms with Crippen molar-refractivity contribution in [1.29, 1.82) is 0 Å². The number of hydrogen-bond acceptors (Lipinski definition) is 1. The van der Waals surface area contributed by atoms with E-state index < -0.39 is 8.80 Å². The average Bonchev–Trinajstić information content (AvgIpc) is 2.25. The maximum atomic E-state index is 3.86. The molecule has 0 aromatic rings. The van der Waals surface area contributed by atoms with Crippen LogP contribution in [-0.4, -0.2) is 19.9 Å². The number of allylic oxidation sites excluding steroid dienone is 2. The molecule has 0 aliphatic heterocycles. The van der Waals surface area contributed by atoms with Crippen molar-refractivity contribution in [1.82, 2.24) is 5.32 Å². The molecule has 0 spiro atoms. The van der Waals surface area contributed by atoms with Crippen LogP contribution in [0.4, 0.5) is 0 Å². The summed E-state index contributed by atoms with van der Waals surface area (Å²) in [5.74, 6) is 0. The number of nitrogens with one attached hydrogen (secondary N) is 1. The minimum atomic E-state index is -0.797. The Morgan fingerprint density at radius 3 is 1.82 bits per heavy atom. The molecule has 0 fully saturated rings. The lowest BCUT2D eigenvalue weighted by Crippen LogP contribution is -2.55. The Morgan fingerprint density at radius 2 is 1.47 bits per heavy atom. The molecule has 0 heterocycles. The molecular formula is C15H29NSi. The molecule has 98 valence electrons. The fraction of sp³-hybridized carbons (Fsp3) is 0.733. The second-order valence-corrected chi connectivity index (χ2v) is 9.83. The van der Waals surface area contributed by atoms with Crippen molar-refractivity contribution in [2.24, 2.45) is 0 Å². The third-order valence-electron chi connectivity index (χ3n) is 4.02. The van der Waals surface area contributed by atoms with Gasteiger partial charge in [0.25, 0.3) is 0 Å². The van der Waals surface area contributed by atoms with E-state index in [9.17, 15) is 0 Å². The summed E-state index contributed by atoms with van der Waals surface area (Å²) in [5, 5.41) is 5.55. The van der Waals surface area contributed by atoms with Crippen molar-refractivity contribution in [3.8, 4) is 0 Å². The zero-order valence-corrected chi connectivity index (χ0v) is 14.2. The first-order chi connectivity index (χ1) is 7.50. The predicted octanol–water partition coefficient (Wildman–Crippen LogP) is 3.83. The molecule has 0 aromatic carbocycles. The van der Waals surface area contributed by atoms with Crippen LogP contribution in [-0.2, 0) is 0 Å². The standard InChI is InChI=1S/C15H29NSi/c1-10-11(2)13(17(8)9)15(7,12(10)3)16-14(4,5)6/h16-17H,1-9H3. The zero-order chi connectivity index (χ0) is 13.6. The highest BCUT2D eigenvalue weighted by Gasteiger charge is 2.41. The van der Waals surface area contributed by atoms with Crippen molar-refractivity contribution < 1.29 is 0 Å². The molecule has 1 N–H and O–H groups in total. The average molecular weight is 251 g/mol. The maximum Gasteiger partial charge on any atom is 0.0627 e. The zero-order valence-electron chi connectivity index (χ0n) is 13.1. The van der Waals surface area contributed by atoms with Crippen LogP contribution in [0.2, 0.25) is 13.1 Å². The van der Waals surface area contributed by atoms with E-state index in [4.69, 9.17) is 0 Å². The van der Waals surface area contributed by atoms with Crippen LogP contribution in [0, 0.1) is 0 Å². The lowest BCUT2D eigenvalue weighted by atomic mass is 9.91. The first-order valence-electron chi connectivity index (χ1n) is 6.69. The van der Waals surface area contributed by atoms with Crippen LogP contribution >= 0.6 is 0 Å². The van der Waals surface area contributed by atoms with Crippen molar-refractivity contribution in [3.05, 3.63) is 21.9 Å². The van der Waals surface area contributed by atoms with Gasteiger partial charge in [0.1, 0.15) is 0 Å². The number of rotatable bonds is 2. The topological polar surface area (TPSA) is 12.0 Å². The minimum absolute atomic E-state index is 0.0901. The molecule has 0 amide bonds. The van der Waals surface area contributed by atoms with Gasteiger partial charge in [0.05, 0.1) is 14.3 Å². The van der Waals surface area contributed by atoms with E-state index >= 15 is 0 Å². The summed E-state index contributed by atoms with van der Waals surface area (Å²) in [6, 6.07) is 0. The lowest BCUT2D eigenvalue weighted by molar-refractivity contribution is 0.340.